The molecule has 5 rings (SSSR count). The number of benzene rings is 3. The Labute approximate surface area is 187 Å². The minimum atomic E-state index is 0.995. The largest absolute Gasteiger partial charge is 0.470 e. The zero-order valence-corrected chi connectivity index (χ0v) is 18.1. The Morgan fingerprint density at radius 2 is 1.16 bits per heavy atom. The van der Waals surface area contributed by atoms with Crippen molar-refractivity contribution in [3.05, 3.63) is 116 Å². The molecule has 2 heterocycles. The van der Waals surface area contributed by atoms with E-state index in [-0.39, 0.29) is 0 Å². The molecule has 0 saturated carbocycles. The van der Waals surface area contributed by atoms with Gasteiger partial charge in [-0.25, -0.2) is 0 Å². The summed E-state index contributed by atoms with van der Waals surface area (Å²) in [6, 6.07) is 29.6. The topological polar surface area (TPSA) is 32.8 Å². The van der Waals surface area contributed by atoms with E-state index < -0.39 is 0 Å². The molecule has 5 aromatic rings. The normalized spacial score (nSPS) is 10.8. The predicted octanol–water partition coefficient (Wildman–Crippen LogP) is 8.09. The first-order valence-corrected chi connectivity index (χ1v) is 10.5. The third-order valence-electron chi connectivity index (χ3n) is 5.63. The molecule has 2 aromatic heterocycles. The van der Waals surface area contributed by atoms with E-state index in [4.69, 9.17) is 8.83 Å². The number of hydrogen-bond donors (Lipinski definition) is 0. The first-order chi connectivity index (χ1) is 15.7. The Hall–Kier alpha value is -4.18. The summed E-state index contributed by atoms with van der Waals surface area (Å²) in [6.45, 7) is 2.10. The molecule has 3 aromatic carbocycles. The second kappa shape index (κ2) is 8.52. The van der Waals surface area contributed by atoms with Crippen molar-refractivity contribution in [1.82, 2.24) is 0 Å². The first-order valence-electron chi connectivity index (χ1n) is 10.5. The molecule has 0 saturated heterocycles. The molecule has 32 heavy (non-hydrogen) atoms. The van der Waals surface area contributed by atoms with Crippen molar-refractivity contribution in [3.8, 4) is 11.1 Å². The fraction of sp³-hybridized carbons (Fsp3) is 0.0714. The van der Waals surface area contributed by atoms with E-state index >= 15 is 0 Å². The third-order valence-corrected chi connectivity index (χ3v) is 5.63. The number of nitrogens with zero attached hydrogens (tertiary/aromatic N) is 2. The van der Waals surface area contributed by atoms with Crippen LogP contribution in [0.1, 0.15) is 5.56 Å². The van der Waals surface area contributed by atoms with E-state index in [1.807, 2.05) is 19.2 Å². The fourth-order valence-corrected chi connectivity index (χ4v) is 3.88. The monoisotopic (exact) mass is 420 g/mol. The summed E-state index contributed by atoms with van der Waals surface area (Å²) in [5, 5.41) is 0. The molecule has 0 radical (unpaired) electrons. The first kappa shape index (κ1) is 19.8. The van der Waals surface area contributed by atoms with Gasteiger partial charge in [-0.3, -0.25) is 0 Å². The van der Waals surface area contributed by atoms with Crippen LogP contribution in [0.15, 0.2) is 119 Å². The standard InChI is InChI=1S/C28H24N2O2/c1-21-4-3-5-26(18-21)30(28-15-17-32-20-28)25-12-8-23(9-13-25)22-6-10-24(11-7-22)29(2)27-14-16-31-19-27/h3-20H,1-2H3. The highest BCUT2D eigenvalue weighted by Crippen LogP contribution is 2.36. The van der Waals surface area contributed by atoms with Crippen LogP contribution in [-0.4, -0.2) is 7.05 Å². The van der Waals surface area contributed by atoms with Crippen LogP contribution in [0, 0.1) is 6.92 Å². The van der Waals surface area contributed by atoms with Crippen LogP contribution in [0.25, 0.3) is 11.1 Å². The third kappa shape index (κ3) is 3.91. The maximum Gasteiger partial charge on any atom is 0.114 e. The van der Waals surface area contributed by atoms with Gasteiger partial charge in [0, 0.05) is 36.2 Å². The highest BCUT2D eigenvalue weighted by atomic mass is 16.3. The van der Waals surface area contributed by atoms with Gasteiger partial charge in [0.1, 0.15) is 12.5 Å². The highest BCUT2D eigenvalue weighted by molar-refractivity contribution is 5.78. The minimum Gasteiger partial charge on any atom is -0.470 e. The molecule has 4 heteroatoms. The maximum atomic E-state index is 5.37. The second-order valence-electron chi connectivity index (χ2n) is 7.79. The van der Waals surface area contributed by atoms with E-state index in [2.05, 4.69) is 89.5 Å². The van der Waals surface area contributed by atoms with Crippen LogP contribution in [-0.2, 0) is 0 Å². The molecule has 0 aliphatic heterocycles. The van der Waals surface area contributed by atoms with E-state index in [0.29, 0.717) is 0 Å². The molecular weight excluding hydrogens is 396 g/mol. The molecule has 0 fully saturated rings. The summed E-state index contributed by atoms with van der Waals surface area (Å²) in [5.41, 5.74) is 8.87. The molecule has 0 aliphatic rings. The van der Waals surface area contributed by atoms with E-state index in [9.17, 15) is 0 Å². The van der Waals surface area contributed by atoms with Gasteiger partial charge in [-0.2, -0.15) is 0 Å². The van der Waals surface area contributed by atoms with Gasteiger partial charge in [0.2, 0.25) is 0 Å². The van der Waals surface area contributed by atoms with Crippen molar-refractivity contribution >= 4 is 28.4 Å². The molecule has 0 unspecified atom stereocenters. The van der Waals surface area contributed by atoms with Gasteiger partial charge >= 0.3 is 0 Å². The Morgan fingerprint density at radius 1 is 0.562 bits per heavy atom. The lowest BCUT2D eigenvalue weighted by Gasteiger charge is -2.24. The van der Waals surface area contributed by atoms with E-state index in [1.165, 1.54) is 16.7 Å². The quantitative estimate of drug-likeness (QED) is 0.278. The number of furan rings is 2. The smallest absolute Gasteiger partial charge is 0.114 e. The molecule has 0 amide bonds. The highest BCUT2D eigenvalue weighted by Gasteiger charge is 2.14. The summed E-state index contributed by atoms with van der Waals surface area (Å²) >= 11 is 0. The van der Waals surface area contributed by atoms with Crippen LogP contribution in [0.4, 0.5) is 28.4 Å². The summed E-state index contributed by atoms with van der Waals surface area (Å²) in [6.07, 6.45) is 6.90. The SMILES string of the molecule is Cc1cccc(N(c2ccc(-c3ccc(N(C)c4ccoc4)cc3)cc2)c2ccoc2)c1. The van der Waals surface area contributed by atoms with E-state index in [0.717, 1.165) is 28.4 Å². The Balaban J connectivity index is 1.43. The molecular formula is C28H24N2O2. The van der Waals surface area contributed by atoms with Gasteiger partial charge in [0.05, 0.1) is 23.9 Å². The number of anilines is 5. The van der Waals surface area contributed by atoms with Crippen LogP contribution < -0.4 is 9.80 Å². The lowest BCUT2D eigenvalue weighted by atomic mass is 10.0. The van der Waals surface area contributed by atoms with Crippen LogP contribution in [0.3, 0.4) is 0 Å². The molecule has 158 valence electrons. The number of rotatable bonds is 6. The Kier molecular flexibility index (Phi) is 5.26. The van der Waals surface area contributed by atoms with Crippen molar-refractivity contribution in [3.63, 3.8) is 0 Å². The van der Waals surface area contributed by atoms with Crippen LogP contribution >= 0.6 is 0 Å². The summed E-state index contributed by atoms with van der Waals surface area (Å²) in [4.78, 5) is 4.30. The van der Waals surface area contributed by atoms with Gasteiger partial charge in [-0.05, 0) is 60.0 Å². The van der Waals surface area contributed by atoms with Gasteiger partial charge in [-0.1, -0.05) is 36.4 Å². The maximum absolute atomic E-state index is 5.37. The predicted molar refractivity (Wildman–Crippen MR) is 130 cm³/mol. The van der Waals surface area contributed by atoms with Crippen molar-refractivity contribution in [1.29, 1.82) is 0 Å². The van der Waals surface area contributed by atoms with E-state index in [1.54, 1.807) is 25.1 Å². The Bertz CT molecular complexity index is 1270. The lowest BCUT2D eigenvalue weighted by molar-refractivity contribution is 0.567. The second-order valence-corrected chi connectivity index (χ2v) is 7.79. The van der Waals surface area contributed by atoms with Gasteiger partial charge < -0.3 is 18.6 Å². The zero-order chi connectivity index (χ0) is 21.9. The van der Waals surface area contributed by atoms with Crippen molar-refractivity contribution < 1.29 is 8.83 Å². The molecule has 0 atom stereocenters. The van der Waals surface area contributed by atoms with Gasteiger partial charge in [-0.15, -0.1) is 0 Å². The molecule has 0 bridgehead atoms. The molecule has 0 N–H and O–H groups in total. The molecule has 0 aliphatic carbocycles. The van der Waals surface area contributed by atoms with Crippen molar-refractivity contribution in [2.75, 3.05) is 16.8 Å². The van der Waals surface area contributed by atoms with Gasteiger partial charge in [0.15, 0.2) is 0 Å². The average molecular weight is 421 g/mol. The number of aryl methyl sites for hydroxylation is 1. The average Bonchev–Trinajstić information content (AvgIpc) is 3.55. The lowest BCUT2D eigenvalue weighted by Crippen LogP contribution is -2.09. The van der Waals surface area contributed by atoms with Crippen LogP contribution in [0.2, 0.25) is 0 Å². The fourth-order valence-electron chi connectivity index (χ4n) is 3.88. The van der Waals surface area contributed by atoms with Crippen LogP contribution in [0.5, 0.6) is 0 Å². The van der Waals surface area contributed by atoms with Gasteiger partial charge in [0.25, 0.3) is 0 Å². The zero-order valence-electron chi connectivity index (χ0n) is 18.1. The number of hydrogen-bond acceptors (Lipinski definition) is 4. The minimum absolute atomic E-state index is 0.995. The van der Waals surface area contributed by atoms with Crippen molar-refractivity contribution in [2.24, 2.45) is 0 Å². The summed E-state index contributed by atoms with van der Waals surface area (Å²) in [7, 11) is 2.03. The Morgan fingerprint density at radius 3 is 1.72 bits per heavy atom. The molecule has 0 spiro atoms. The van der Waals surface area contributed by atoms with Crippen molar-refractivity contribution in [2.45, 2.75) is 6.92 Å². The summed E-state index contributed by atoms with van der Waals surface area (Å²) < 4.78 is 10.6. The summed E-state index contributed by atoms with van der Waals surface area (Å²) in [5.74, 6) is 0. The molecule has 4 nitrogen and oxygen atoms in total.